The molecule has 0 spiro atoms. The van der Waals surface area contributed by atoms with E-state index in [4.69, 9.17) is 9.47 Å². The van der Waals surface area contributed by atoms with Crippen molar-refractivity contribution < 1.29 is 32.2 Å². The Morgan fingerprint density at radius 1 is 1.20 bits per heavy atom. The van der Waals surface area contributed by atoms with Crippen molar-refractivity contribution in [2.75, 3.05) is 32.8 Å². The number of halogens is 3. The molecule has 1 rings (SSSR count). The molecule has 112 valence electrons. The first-order chi connectivity index (χ1) is 9.35. The summed E-state index contributed by atoms with van der Waals surface area (Å²) in [4.78, 5) is 11.4. The molecular formula is C12H14F3NO4. The topological polar surface area (TPSA) is 56.8 Å². The molecule has 0 aliphatic carbocycles. The minimum atomic E-state index is -4.45. The Morgan fingerprint density at radius 3 is 2.40 bits per heavy atom. The second kappa shape index (κ2) is 6.99. The number of carbonyl (C=O) groups is 1. The Hall–Kier alpha value is -1.96. The Kier molecular flexibility index (Phi) is 5.63. The molecule has 0 bridgehead atoms. The summed E-state index contributed by atoms with van der Waals surface area (Å²) >= 11 is 0. The molecule has 0 heterocycles. The minimum Gasteiger partial charge on any atom is -0.493 e. The van der Waals surface area contributed by atoms with Crippen LogP contribution in [0, 0.1) is 0 Å². The van der Waals surface area contributed by atoms with Crippen molar-refractivity contribution >= 4 is 11.6 Å². The van der Waals surface area contributed by atoms with Crippen molar-refractivity contribution in [2.45, 2.75) is 6.18 Å². The number of ether oxygens (including phenoxy) is 3. The second-order valence-corrected chi connectivity index (χ2v) is 3.73. The maximum absolute atomic E-state index is 11.8. The monoisotopic (exact) mass is 293 g/mol. The predicted octanol–water partition coefficient (Wildman–Crippen LogP) is 2.22. The lowest BCUT2D eigenvalue weighted by atomic mass is 10.2. The molecule has 0 unspecified atom stereocenters. The summed E-state index contributed by atoms with van der Waals surface area (Å²) in [6, 6.07) is 4.58. The van der Waals surface area contributed by atoms with E-state index in [0.29, 0.717) is 17.2 Å². The molecule has 0 saturated carbocycles. The largest absolute Gasteiger partial charge is 0.493 e. The van der Waals surface area contributed by atoms with E-state index < -0.39 is 25.3 Å². The zero-order chi connectivity index (χ0) is 15.2. The van der Waals surface area contributed by atoms with Crippen molar-refractivity contribution in [1.29, 1.82) is 0 Å². The van der Waals surface area contributed by atoms with E-state index in [1.165, 1.54) is 26.4 Å². The zero-order valence-electron chi connectivity index (χ0n) is 10.9. The van der Waals surface area contributed by atoms with Gasteiger partial charge >= 0.3 is 6.18 Å². The van der Waals surface area contributed by atoms with Crippen molar-refractivity contribution in [3.8, 4) is 11.5 Å². The SMILES string of the molecule is COc1ccc(NC(=O)COCC(F)(F)F)cc1OC. The molecule has 1 aromatic carbocycles. The van der Waals surface area contributed by atoms with Crippen LogP contribution in [0.15, 0.2) is 18.2 Å². The zero-order valence-corrected chi connectivity index (χ0v) is 10.9. The normalized spacial score (nSPS) is 11.1. The highest BCUT2D eigenvalue weighted by atomic mass is 19.4. The number of methoxy groups -OCH3 is 2. The molecule has 20 heavy (non-hydrogen) atoms. The van der Waals surface area contributed by atoms with Gasteiger partial charge in [-0.15, -0.1) is 0 Å². The van der Waals surface area contributed by atoms with Gasteiger partial charge in [-0.25, -0.2) is 0 Å². The number of alkyl halides is 3. The van der Waals surface area contributed by atoms with Crippen molar-refractivity contribution in [3.05, 3.63) is 18.2 Å². The molecular weight excluding hydrogens is 279 g/mol. The lowest BCUT2D eigenvalue weighted by Gasteiger charge is -2.11. The number of nitrogens with one attached hydrogen (secondary N) is 1. The number of carbonyl (C=O) groups excluding carboxylic acids is 1. The number of hydrogen-bond acceptors (Lipinski definition) is 4. The first-order valence-corrected chi connectivity index (χ1v) is 5.52. The first kappa shape index (κ1) is 16.1. The molecule has 0 radical (unpaired) electrons. The summed E-state index contributed by atoms with van der Waals surface area (Å²) in [5.41, 5.74) is 0.364. The lowest BCUT2D eigenvalue weighted by Crippen LogP contribution is -2.23. The molecule has 0 aliphatic heterocycles. The van der Waals surface area contributed by atoms with Crippen LogP contribution in [0.5, 0.6) is 11.5 Å². The molecule has 1 aromatic rings. The van der Waals surface area contributed by atoms with E-state index in [1.807, 2.05) is 0 Å². The third kappa shape index (κ3) is 5.35. The molecule has 8 heteroatoms. The molecule has 0 aliphatic rings. The second-order valence-electron chi connectivity index (χ2n) is 3.73. The molecule has 1 N–H and O–H groups in total. The van der Waals surface area contributed by atoms with Crippen LogP contribution in [0.25, 0.3) is 0 Å². The molecule has 1 amide bonds. The van der Waals surface area contributed by atoms with E-state index >= 15 is 0 Å². The van der Waals surface area contributed by atoms with Crippen LogP contribution < -0.4 is 14.8 Å². The van der Waals surface area contributed by atoms with Crippen LogP contribution in [-0.4, -0.2) is 39.5 Å². The first-order valence-electron chi connectivity index (χ1n) is 5.52. The Bertz CT molecular complexity index is 463. The van der Waals surface area contributed by atoms with Gasteiger partial charge in [0.15, 0.2) is 11.5 Å². The van der Waals surface area contributed by atoms with Gasteiger partial charge in [0.2, 0.25) is 5.91 Å². The van der Waals surface area contributed by atoms with Crippen LogP contribution in [-0.2, 0) is 9.53 Å². The molecule has 0 aromatic heterocycles. The average Bonchev–Trinajstić information content (AvgIpc) is 2.37. The minimum absolute atomic E-state index is 0.364. The van der Waals surface area contributed by atoms with Gasteiger partial charge in [-0.3, -0.25) is 4.79 Å². The van der Waals surface area contributed by atoms with Gasteiger partial charge in [0.25, 0.3) is 0 Å². The number of benzene rings is 1. The third-order valence-corrected chi connectivity index (χ3v) is 2.17. The number of hydrogen-bond donors (Lipinski definition) is 1. The van der Waals surface area contributed by atoms with Crippen LogP contribution in [0.1, 0.15) is 0 Å². The number of anilines is 1. The number of amides is 1. The van der Waals surface area contributed by atoms with E-state index in [2.05, 4.69) is 10.1 Å². The van der Waals surface area contributed by atoms with Crippen LogP contribution in [0.2, 0.25) is 0 Å². The highest BCUT2D eigenvalue weighted by molar-refractivity contribution is 5.92. The Labute approximate surface area is 113 Å². The summed E-state index contributed by atoms with van der Waals surface area (Å²) in [5.74, 6) is 0.168. The summed E-state index contributed by atoms with van der Waals surface area (Å²) in [6.07, 6.45) is -4.45. The highest BCUT2D eigenvalue weighted by Crippen LogP contribution is 2.29. The van der Waals surface area contributed by atoms with Gasteiger partial charge in [-0.2, -0.15) is 13.2 Å². The Morgan fingerprint density at radius 2 is 1.85 bits per heavy atom. The fourth-order valence-corrected chi connectivity index (χ4v) is 1.37. The summed E-state index contributed by atoms with van der Waals surface area (Å²) in [5, 5.41) is 2.39. The fourth-order valence-electron chi connectivity index (χ4n) is 1.37. The highest BCUT2D eigenvalue weighted by Gasteiger charge is 2.27. The van der Waals surface area contributed by atoms with Gasteiger partial charge in [-0.1, -0.05) is 0 Å². The van der Waals surface area contributed by atoms with Gasteiger partial charge in [0, 0.05) is 11.8 Å². The molecule has 0 atom stereocenters. The lowest BCUT2D eigenvalue weighted by molar-refractivity contribution is -0.174. The Balaban J connectivity index is 2.54. The summed E-state index contributed by atoms with van der Waals surface area (Å²) in [7, 11) is 2.89. The smallest absolute Gasteiger partial charge is 0.411 e. The van der Waals surface area contributed by atoms with E-state index in [1.54, 1.807) is 6.07 Å². The van der Waals surface area contributed by atoms with E-state index in [-0.39, 0.29) is 0 Å². The maximum atomic E-state index is 11.8. The standard InChI is InChI=1S/C12H14F3NO4/c1-18-9-4-3-8(5-10(9)19-2)16-11(17)6-20-7-12(13,14)15/h3-5H,6-7H2,1-2H3,(H,16,17). The van der Waals surface area contributed by atoms with E-state index in [9.17, 15) is 18.0 Å². The summed E-state index contributed by atoms with van der Waals surface area (Å²) < 4.78 is 49.8. The molecule has 0 fully saturated rings. The number of rotatable bonds is 6. The van der Waals surface area contributed by atoms with Gasteiger partial charge in [0.1, 0.15) is 13.2 Å². The maximum Gasteiger partial charge on any atom is 0.411 e. The quantitative estimate of drug-likeness (QED) is 0.873. The molecule has 0 saturated heterocycles. The van der Waals surface area contributed by atoms with Crippen LogP contribution in [0.3, 0.4) is 0 Å². The van der Waals surface area contributed by atoms with Gasteiger partial charge in [0.05, 0.1) is 14.2 Å². The van der Waals surface area contributed by atoms with Gasteiger partial charge in [-0.05, 0) is 12.1 Å². The fraction of sp³-hybridized carbons (Fsp3) is 0.417. The van der Waals surface area contributed by atoms with Crippen LogP contribution in [0.4, 0.5) is 18.9 Å². The summed E-state index contributed by atoms with van der Waals surface area (Å²) in [6.45, 7) is -2.15. The predicted molar refractivity (Wildman–Crippen MR) is 65.0 cm³/mol. The van der Waals surface area contributed by atoms with Gasteiger partial charge < -0.3 is 19.5 Å². The average molecular weight is 293 g/mol. The van der Waals surface area contributed by atoms with Crippen molar-refractivity contribution in [2.24, 2.45) is 0 Å². The van der Waals surface area contributed by atoms with Crippen molar-refractivity contribution in [3.63, 3.8) is 0 Å². The third-order valence-electron chi connectivity index (χ3n) is 2.17. The molecule has 5 nitrogen and oxygen atoms in total. The van der Waals surface area contributed by atoms with E-state index in [0.717, 1.165) is 0 Å². The van der Waals surface area contributed by atoms with Crippen molar-refractivity contribution in [1.82, 2.24) is 0 Å². The van der Waals surface area contributed by atoms with Crippen LogP contribution >= 0.6 is 0 Å².